The van der Waals surface area contributed by atoms with E-state index in [1.54, 1.807) is 0 Å². The van der Waals surface area contributed by atoms with Crippen LogP contribution in [0.15, 0.2) is 0 Å². The Morgan fingerprint density at radius 1 is 1.05 bits per heavy atom. The molecule has 1 aromatic carbocycles. The van der Waals surface area contributed by atoms with Gasteiger partial charge < -0.3 is 9.78 Å². The summed E-state index contributed by atoms with van der Waals surface area (Å²) in [5, 5.41) is -3.87. The second-order valence-corrected chi connectivity index (χ2v) is 5.96. The molecule has 10 heteroatoms. The number of benzene rings is 1. The predicted octanol–water partition coefficient (Wildman–Crippen LogP) is 6.06. The van der Waals surface area contributed by atoms with Crippen molar-refractivity contribution in [3.63, 3.8) is 0 Å². The largest absolute Gasteiger partial charge is 0.379 e. The maximum absolute atomic E-state index is 12.9. The third-order valence-electron chi connectivity index (χ3n) is 1.98. The molecule has 0 saturated heterocycles. The van der Waals surface area contributed by atoms with Crippen LogP contribution >= 0.6 is 58.0 Å². The summed E-state index contributed by atoms with van der Waals surface area (Å²) in [6.07, 6.45) is 0. The highest BCUT2D eigenvalue weighted by atomic mass is 35.5. The summed E-state index contributed by atoms with van der Waals surface area (Å²) in [4.78, 5) is 15.3. The minimum Gasteiger partial charge on any atom is -0.334 e. The maximum atomic E-state index is 12.9. The number of imidazole rings is 1. The number of nitrogens with one attached hydrogen (secondary N) is 1. The van der Waals surface area contributed by atoms with E-state index in [0.717, 1.165) is 0 Å². The topological polar surface area (TPSA) is 45.8 Å². The van der Waals surface area contributed by atoms with Gasteiger partial charge in [0.05, 0.1) is 25.6 Å². The van der Waals surface area contributed by atoms with Gasteiger partial charge in [0, 0.05) is 0 Å². The summed E-state index contributed by atoms with van der Waals surface area (Å²) in [5.41, 5.74) is 0.0442. The third kappa shape index (κ3) is 4.33. The number of fused-ring (bicyclic) bond motifs is 1. The molecule has 0 amide bonds. The number of alkyl halides is 3. The number of Topliss-reactive ketones (excluding diaryl/α,β-unsaturated/α-hetero) is 1. The molecule has 0 aliphatic carbocycles. The smallest absolute Gasteiger partial charge is 0.334 e. The number of hydrogen-bond donors (Lipinski definition) is 1. The molecule has 0 fully saturated rings. The first-order valence-corrected chi connectivity index (χ1v) is 7.11. The fourth-order valence-corrected chi connectivity index (χ4v) is 2.25. The molecule has 2 rings (SSSR count). The number of aromatic amines is 1. The molecular formula is C11H7Cl5F2N2O. The first-order chi connectivity index (χ1) is 9.46. The molecule has 2 aromatic rings. The van der Waals surface area contributed by atoms with Crippen LogP contribution in [0.2, 0.25) is 20.1 Å². The van der Waals surface area contributed by atoms with Crippen molar-refractivity contribution in [2.45, 2.75) is 19.2 Å². The van der Waals surface area contributed by atoms with E-state index in [1.165, 1.54) is 13.8 Å². The lowest BCUT2D eigenvalue weighted by atomic mass is 10.3. The Labute approximate surface area is 143 Å². The molecule has 0 spiro atoms. The molecule has 0 unspecified atom stereocenters. The van der Waals surface area contributed by atoms with Gasteiger partial charge in [-0.1, -0.05) is 46.4 Å². The van der Waals surface area contributed by atoms with Gasteiger partial charge in [-0.15, -0.1) is 0 Å². The summed E-state index contributed by atoms with van der Waals surface area (Å²) in [6, 6.07) is 0. The summed E-state index contributed by atoms with van der Waals surface area (Å²) in [7, 11) is 0. The molecule has 21 heavy (non-hydrogen) atoms. The number of H-pyrrole nitrogens is 1. The van der Waals surface area contributed by atoms with Gasteiger partial charge in [0.2, 0.25) is 0 Å². The number of ketones is 1. The van der Waals surface area contributed by atoms with E-state index < -0.39 is 11.2 Å². The van der Waals surface area contributed by atoms with E-state index >= 15 is 0 Å². The average molecular weight is 398 g/mol. The molecule has 0 bridgehead atoms. The van der Waals surface area contributed by atoms with Crippen molar-refractivity contribution in [2.24, 2.45) is 0 Å². The van der Waals surface area contributed by atoms with Crippen LogP contribution in [-0.4, -0.2) is 15.8 Å². The van der Waals surface area contributed by atoms with Crippen molar-refractivity contribution in [1.82, 2.24) is 9.97 Å². The zero-order chi connectivity index (χ0) is 16.5. The predicted molar refractivity (Wildman–Crippen MR) is 82.2 cm³/mol. The lowest BCUT2D eigenvalue weighted by molar-refractivity contribution is -0.114. The van der Waals surface area contributed by atoms with E-state index in [4.69, 9.17) is 58.0 Å². The molecule has 0 aliphatic rings. The van der Waals surface area contributed by atoms with Crippen LogP contribution in [-0.2, 0) is 10.2 Å². The van der Waals surface area contributed by atoms with Crippen LogP contribution in [0.3, 0.4) is 0 Å². The first kappa shape index (κ1) is 18.7. The molecule has 0 aliphatic heterocycles. The molecule has 0 atom stereocenters. The highest BCUT2D eigenvalue weighted by Gasteiger charge is 2.33. The minimum atomic E-state index is -3.66. The van der Waals surface area contributed by atoms with Crippen molar-refractivity contribution >= 4 is 74.8 Å². The van der Waals surface area contributed by atoms with E-state index in [2.05, 4.69) is 9.97 Å². The number of aromatic nitrogens is 2. The number of halogens is 7. The average Bonchev–Trinajstić information content (AvgIpc) is 2.78. The summed E-state index contributed by atoms with van der Waals surface area (Å²) in [6.45, 7) is 3.06. The van der Waals surface area contributed by atoms with Crippen molar-refractivity contribution < 1.29 is 13.6 Å². The van der Waals surface area contributed by atoms with Gasteiger partial charge in [0.1, 0.15) is 11.3 Å². The number of carbonyl (C=O) groups excluding carboxylic acids is 1. The molecule has 116 valence electrons. The van der Waals surface area contributed by atoms with Gasteiger partial charge >= 0.3 is 5.38 Å². The van der Waals surface area contributed by atoms with E-state index in [0.29, 0.717) is 0 Å². The molecule has 3 nitrogen and oxygen atoms in total. The first-order valence-electron chi connectivity index (χ1n) is 5.22. The zero-order valence-electron chi connectivity index (χ0n) is 10.5. The van der Waals surface area contributed by atoms with Crippen LogP contribution in [0.4, 0.5) is 8.78 Å². The Balaban J connectivity index is 0.000000491. The maximum Gasteiger partial charge on any atom is 0.379 e. The van der Waals surface area contributed by atoms with Crippen LogP contribution in [0.5, 0.6) is 0 Å². The van der Waals surface area contributed by atoms with E-state index in [-0.39, 0.29) is 36.9 Å². The normalized spacial score (nSPS) is 11.3. The lowest BCUT2D eigenvalue weighted by Crippen LogP contribution is -2.05. The van der Waals surface area contributed by atoms with Crippen LogP contribution in [0.25, 0.3) is 11.0 Å². The number of nitrogens with zero attached hydrogens (tertiary/aromatic N) is 1. The van der Waals surface area contributed by atoms with Gasteiger partial charge in [-0.05, 0) is 25.4 Å². The molecule has 1 aromatic heterocycles. The Morgan fingerprint density at radius 2 is 1.48 bits per heavy atom. The van der Waals surface area contributed by atoms with E-state index in [9.17, 15) is 13.6 Å². The van der Waals surface area contributed by atoms with Gasteiger partial charge in [0.25, 0.3) is 0 Å². The lowest BCUT2D eigenvalue weighted by Gasteiger charge is -2.02. The second kappa shape index (κ2) is 6.84. The molecule has 0 saturated carbocycles. The van der Waals surface area contributed by atoms with Gasteiger partial charge in [-0.25, -0.2) is 4.98 Å². The number of carbonyl (C=O) groups is 1. The van der Waals surface area contributed by atoms with Crippen molar-refractivity contribution in [3.05, 3.63) is 25.9 Å². The Kier molecular flexibility index (Phi) is 6.09. The SMILES string of the molecule is CC(C)=O.FC(F)(Cl)c1nc2c(Cl)c(Cl)c(Cl)c(Cl)c2[nH]1. The monoisotopic (exact) mass is 396 g/mol. The van der Waals surface area contributed by atoms with Gasteiger partial charge in [-0.3, -0.25) is 0 Å². The number of hydrogen-bond acceptors (Lipinski definition) is 2. The van der Waals surface area contributed by atoms with Crippen LogP contribution in [0, 0.1) is 0 Å². The van der Waals surface area contributed by atoms with E-state index in [1.807, 2.05) is 0 Å². The third-order valence-corrected chi connectivity index (χ3v) is 3.95. The minimum absolute atomic E-state index is 0.0126. The standard InChI is InChI=1S/C8HCl5F2N2.C3H6O/c9-1-2(10)4(12)6-5(3(1)11)16-7(17-6)8(13,14)15;1-3(2)4/h(H,16,17);1-2H3. The quantitative estimate of drug-likeness (QED) is 0.361. The van der Waals surface area contributed by atoms with Gasteiger partial charge in [-0.2, -0.15) is 8.78 Å². The van der Waals surface area contributed by atoms with Crippen LogP contribution in [0.1, 0.15) is 19.7 Å². The zero-order valence-corrected chi connectivity index (χ0v) is 14.3. The highest BCUT2D eigenvalue weighted by molar-refractivity contribution is 6.55. The fraction of sp³-hybridized carbons (Fsp3) is 0.273. The summed E-state index contributed by atoms with van der Waals surface area (Å²) >= 11 is 28.0. The number of rotatable bonds is 1. The fourth-order valence-electron chi connectivity index (χ4n) is 1.23. The molecule has 0 radical (unpaired) electrons. The molecule has 1 heterocycles. The second-order valence-electron chi connectivity index (χ2n) is 3.97. The van der Waals surface area contributed by atoms with Crippen molar-refractivity contribution in [2.75, 3.05) is 0 Å². The molecule has 1 N–H and O–H groups in total. The highest BCUT2D eigenvalue weighted by Crippen LogP contribution is 2.43. The van der Waals surface area contributed by atoms with Crippen molar-refractivity contribution in [1.29, 1.82) is 0 Å². The molecular weight excluding hydrogens is 391 g/mol. The van der Waals surface area contributed by atoms with Crippen molar-refractivity contribution in [3.8, 4) is 0 Å². The summed E-state index contributed by atoms with van der Waals surface area (Å²) in [5.74, 6) is -0.615. The van der Waals surface area contributed by atoms with Crippen LogP contribution < -0.4 is 0 Å². The Morgan fingerprint density at radius 3 is 1.90 bits per heavy atom. The van der Waals surface area contributed by atoms with Gasteiger partial charge in [0.15, 0.2) is 5.82 Å². The Bertz CT molecular complexity index is 647. The summed E-state index contributed by atoms with van der Waals surface area (Å²) < 4.78 is 25.8. The Hall–Kier alpha value is -0.330.